The molecule has 0 aromatic rings. The Morgan fingerprint density at radius 2 is 1.80 bits per heavy atom. The second kappa shape index (κ2) is 3.95. The molecule has 4 nitrogen and oxygen atoms in total. The van der Waals surface area contributed by atoms with Gasteiger partial charge < -0.3 is 5.73 Å². The number of nitrogens with zero attached hydrogens (tertiary/aromatic N) is 3. The van der Waals surface area contributed by atoms with Gasteiger partial charge in [-0.05, 0) is 0 Å². The lowest BCUT2D eigenvalue weighted by Crippen LogP contribution is -1.97. The van der Waals surface area contributed by atoms with Gasteiger partial charge in [-0.3, -0.25) is 0 Å². The molecule has 0 saturated heterocycles. The molecule has 10 heavy (non-hydrogen) atoms. The lowest BCUT2D eigenvalue weighted by molar-refractivity contribution is 1.21. The second-order valence-corrected chi connectivity index (χ2v) is 1.45. The van der Waals surface area contributed by atoms with Crippen molar-refractivity contribution in [2.24, 2.45) is 5.73 Å². The van der Waals surface area contributed by atoms with E-state index in [1.165, 1.54) is 0 Å². The lowest BCUT2D eigenvalue weighted by atomic mass is 10.2. The van der Waals surface area contributed by atoms with Crippen LogP contribution in [0, 0.1) is 34.0 Å². The van der Waals surface area contributed by atoms with Crippen LogP contribution in [0.4, 0.5) is 0 Å². The molecular weight excluding hydrogens is 128 g/mol. The van der Waals surface area contributed by atoms with Gasteiger partial charge in [0.25, 0.3) is 0 Å². The van der Waals surface area contributed by atoms with Crippen LogP contribution < -0.4 is 5.73 Å². The summed E-state index contributed by atoms with van der Waals surface area (Å²) in [4.78, 5) is 0. The first-order chi connectivity index (χ1) is 4.76. The zero-order chi connectivity index (χ0) is 7.98. The van der Waals surface area contributed by atoms with Crippen LogP contribution in [0.5, 0.6) is 0 Å². The minimum Gasteiger partial charge on any atom is -0.389 e. The molecule has 0 aromatic carbocycles. The summed E-state index contributed by atoms with van der Waals surface area (Å²) in [5.74, 6) is 0. The maximum absolute atomic E-state index is 8.27. The molecule has 0 aliphatic rings. The Balaban J connectivity index is 4.59. The average molecular weight is 132 g/mol. The molecule has 0 rings (SSSR count). The Morgan fingerprint density at radius 3 is 2.10 bits per heavy atom. The fraction of sp³-hybridized carbons (Fsp3) is 0.167. The van der Waals surface area contributed by atoms with Gasteiger partial charge in [-0.1, -0.05) is 0 Å². The Labute approximate surface area is 58.4 Å². The van der Waals surface area contributed by atoms with Gasteiger partial charge in [-0.2, -0.15) is 15.8 Å². The van der Waals surface area contributed by atoms with Crippen molar-refractivity contribution in [1.29, 1.82) is 15.8 Å². The van der Waals surface area contributed by atoms with Crippen molar-refractivity contribution in [3.05, 3.63) is 11.3 Å². The predicted octanol–water partition coefficient (Wildman–Crippen LogP) is 0.160. The van der Waals surface area contributed by atoms with Crippen molar-refractivity contribution in [2.45, 2.75) is 6.42 Å². The van der Waals surface area contributed by atoms with Crippen molar-refractivity contribution < 1.29 is 0 Å². The molecule has 0 saturated carbocycles. The quantitative estimate of drug-likeness (QED) is 0.514. The van der Waals surface area contributed by atoms with E-state index in [9.17, 15) is 0 Å². The summed E-state index contributed by atoms with van der Waals surface area (Å²) in [5, 5.41) is 24.6. The first-order valence-electron chi connectivity index (χ1n) is 2.42. The van der Waals surface area contributed by atoms with Crippen LogP contribution in [0.2, 0.25) is 0 Å². The van der Waals surface area contributed by atoms with Crippen molar-refractivity contribution >= 4 is 0 Å². The molecule has 0 atom stereocenters. The van der Waals surface area contributed by atoms with E-state index in [-0.39, 0.29) is 17.7 Å². The normalized spacial score (nSPS) is 10.1. The summed E-state index contributed by atoms with van der Waals surface area (Å²) in [6, 6.07) is 4.97. The molecule has 0 radical (unpaired) electrons. The highest BCUT2D eigenvalue weighted by Crippen LogP contribution is 2.00. The summed E-state index contributed by atoms with van der Waals surface area (Å²) in [7, 11) is 0. The Hall–Kier alpha value is -1.99. The number of nitrogens with two attached hydrogens (primary N) is 1. The minimum absolute atomic E-state index is 0.0324. The summed E-state index contributed by atoms with van der Waals surface area (Å²) < 4.78 is 0. The van der Waals surface area contributed by atoms with Crippen LogP contribution in [0.25, 0.3) is 0 Å². The number of hydrogen-bond donors (Lipinski definition) is 1. The molecule has 0 spiro atoms. The van der Waals surface area contributed by atoms with Gasteiger partial charge in [0.15, 0.2) is 0 Å². The predicted molar refractivity (Wildman–Crippen MR) is 32.7 cm³/mol. The van der Waals surface area contributed by atoms with Crippen molar-refractivity contribution in [1.82, 2.24) is 0 Å². The molecule has 0 bridgehead atoms. The van der Waals surface area contributed by atoms with Crippen molar-refractivity contribution in [3.63, 3.8) is 0 Å². The second-order valence-electron chi connectivity index (χ2n) is 1.45. The Morgan fingerprint density at radius 1 is 1.20 bits per heavy atom. The van der Waals surface area contributed by atoms with E-state index in [0.29, 0.717) is 0 Å². The number of allylic oxidation sites excluding steroid dienone is 2. The van der Waals surface area contributed by atoms with Crippen molar-refractivity contribution in [2.75, 3.05) is 0 Å². The molecular formula is C6H4N4. The Kier molecular flexibility index (Phi) is 3.16. The van der Waals surface area contributed by atoms with E-state index < -0.39 is 0 Å². The van der Waals surface area contributed by atoms with E-state index in [2.05, 4.69) is 0 Å². The number of hydrogen-bond acceptors (Lipinski definition) is 4. The van der Waals surface area contributed by atoms with Crippen LogP contribution in [0.3, 0.4) is 0 Å². The molecule has 0 fully saturated rings. The van der Waals surface area contributed by atoms with Crippen molar-refractivity contribution in [3.8, 4) is 18.2 Å². The van der Waals surface area contributed by atoms with E-state index in [1.807, 2.05) is 0 Å². The van der Waals surface area contributed by atoms with Gasteiger partial charge in [0.2, 0.25) is 0 Å². The lowest BCUT2D eigenvalue weighted by Gasteiger charge is -1.87. The summed E-state index contributed by atoms with van der Waals surface area (Å²) >= 11 is 0. The topological polar surface area (TPSA) is 97.4 Å². The van der Waals surface area contributed by atoms with E-state index in [4.69, 9.17) is 21.5 Å². The molecule has 48 valence electrons. The third-order valence-electron chi connectivity index (χ3n) is 0.836. The van der Waals surface area contributed by atoms with Gasteiger partial charge in [-0.15, -0.1) is 0 Å². The van der Waals surface area contributed by atoms with E-state index in [1.54, 1.807) is 18.2 Å². The molecule has 0 heterocycles. The monoisotopic (exact) mass is 132 g/mol. The SMILES string of the molecule is N#CC/C(C#N)=C(/N)C#N. The van der Waals surface area contributed by atoms with Crippen LogP contribution in [0.15, 0.2) is 11.3 Å². The highest BCUT2D eigenvalue weighted by Gasteiger charge is 1.99. The molecule has 4 heteroatoms. The van der Waals surface area contributed by atoms with Gasteiger partial charge in [-0.25, -0.2) is 0 Å². The Bertz CT molecular complexity index is 268. The minimum atomic E-state index is -0.177. The maximum Gasteiger partial charge on any atom is 0.125 e. The molecule has 0 unspecified atom stereocenters. The highest BCUT2D eigenvalue weighted by atomic mass is 14.6. The van der Waals surface area contributed by atoms with Gasteiger partial charge >= 0.3 is 0 Å². The molecule has 0 amide bonds. The summed E-state index contributed by atoms with van der Waals surface area (Å²) in [6.07, 6.45) is -0.101. The van der Waals surface area contributed by atoms with Crippen LogP contribution in [-0.4, -0.2) is 0 Å². The zero-order valence-electron chi connectivity index (χ0n) is 5.13. The van der Waals surface area contributed by atoms with E-state index >= 15 is 0 Å². The molecule has 2 N–H and O–H groups in total. The van der Waals surface area contributed by atoms with Crippen LogP contribution in [0.1, 0.15) is 6.42 Å². The highest BCUT2D eigenvalue weighted by molar-refractivity contribution is 5.35. The number of nitriles is 3. The first kappa shape index (κ1) is 8.01. The third-order valence-corrected chi connectivity index (χ3v) is 0.836. The first-order valence-corrected chi connectivity index (χ1v) is 2.42. The largest absolute Gasteiger partial charge is 0.389 e. The van der Waals surface area contributed by atoms with Gasteiger partial charge in [0.05, 0.1) is 24.1 Å². The number of rotatable bonds is 1. The van der Waals surface area contributed by atoms with Crippen LogP contribution >= 0.6 is 0 Å². The van der Waals surface area contributed by atoms with Gasteiger partial charge in [0, 0.05) is 0 Å². The third kappa shape index (κ3) is 1.86. The molecule has 0 aliphatic carbocycles. The average Bonchev–Trinajstić information content (AvgIpc) is 1.99. The standard InChI is InChI=1S/C6H4N4/c7-2-1-5(3-8)6(10)4-9/h1,10H2/b6-5-. The maximum atomic E-state index is 8.27. The fourth-order valence-electron chi connectivity index (χ4n) is 0.342. The molecule has 0 aromatic heterocycles. The summed E-state index contributed by atoms with van der Waals surface area (Å²) in [6.45, 7) is 0. The fourth-order valence-corrected chi connectivity index (χ4v) is 0.342. The van der Waals surface area contributed by atoms with E-state index in [0.717, 1.165) is 0 Å². The zero-order valence-corrected chi connectivity index (χ0v) is 5.13. The summed E-state index contributed by atoms with van der Waals surface area (Å²) in [5.41, 5.74) is 4.91. The smallest absolute Gasteiger partial charge is 0.125 e. The van der Waals surface area contributed by atoms with Crippen LogP contribution in [-0.2, 0) is 0 Å². The van der Waals surface area contributed by atoms with Gasteiger partial charge in [0.1, 0.15) is 11.8 Å². The molecule has 0 aliphatic heterocycles.